The van der Waals surface area contributed by atoms with Crippen molar-refractivity contribution in [1.82, 2.24) is 10.3 Å². The van der Waals surface area contributed by atoms with Crippen molar-refractivity contribution in [2.75, 3.05) is 6.54 Å². The lowest BCUT2D eigenvalue weighted by Crippen LogP contribution is -2.25. The van der Waals surface area contributed by atoms with Gasteiger partial charge in [-0.2, -0.15) is 0 Å². The highest BCUT2D eigenvalue weighted by Crippen LogP contribution is 2.17. The summed E-state index contributed by atoms with van der Waals surface area (Å²) in [6, 6.07) is 8.52. The minimum atomic E-state index is 0.124. The summed E-state index contributed by atoms with van der Waals surface area (Å²) in [4.78, 5) is 17.6. The molecule has 0 saturated carbocycles. The van der Waals surface area contributed by atoms with E-state index in [4.69, 9.17) is 0 Å². The van der Waals surface area contributed by atoms with E-state index in [2.05, 4.69) is 41.5 Å². The van der Waals surface area contributed by atoms with Gasteiger partial charge in [0.05, 0.1) is 10.7 Å². The molecular weight excluding hydrogens is 292 g/mol. The molecule has 1 aromatic carbocycles. The van der Waals surface area contributed by atoms with Gasteiger partial charge in [0.25, 0.3) is 0 Å². The fourth-order valence-corrected chi connectivity index (χ4v) is 3.35. The minimum absolute atomic E-state index is 0.124. The number of rotatable bonds is 7. The predicted octanol–water partition coefficient (Wildman–Crippen LogP) is 3.61. The highest BCUT2D eigenvalue weighted by Gasteiger charge is 2.06. The van der Waals surface area contributed by atoms with E-state index in [0.717, 1.165) is 30.0 Å². The van der Waals surface area contributed by atoms with Crippen molar-refractivity contribution in [3.05, 3.63) is 51.0 Å². The highest BCUT2D eigenvalue weighted by atomic mass is 32.1. The largest absolute Gasteiger partial charge is 0.356 e. The van der Waals surface area contributed by atoms with Crippen molar-refractivity contribution in [3.8, 4) is 0 Å². The number of nitrogens with one attached hydrogen (secondary N) is 1. The van der Waals surface area contributed by atoms with Crippen LogP contribution in [0.25, 0.3) is 0 Å². The number of hydrogen-bond acceptors (Lipinski definition) is 3. The van der Waals surface area contributed by atoms with Crippen molar-refractivity contribution in [2.45, 2.75) is 46.5 Å². The zero-order valence-electron chi connectivity index (χ0n) is 13.6. The first-order valence-electron chi connectivity index (χ1n) is 7.86. The van der Waals surface area contributed by atoms with Gasteiger partial charge in [-0.25, -0.2) is 4.98 Å². The average molecular weight is 316 g/mol. The van der Waals surface area contributed by atoms with Crippen molar-refractivity contribution in [2.24, 2.45) is 0 Å². The van der Waals surface area contributed by atoms with E-state index in [1.807, 2.05) is 13.8 Å². The fraction of sp³-hybridized carbons (Fsp3) is 0.444. The number of hydrogen-bond donors (Lipinski definition) is 1. The standard InChI is InChI=1S/C18H24N2OS/c1-4-15-5-7-16(8-6-15)9-10-18(21)19-12-11-17-13(2)20-14(3)22-17/h5-8H,4,9-12H2,1-3H3,(H,19,21). The van der Waals surface area contributed by atoms with E-state index < -0.39 is 0 Å². The Balaban J connectivity index is 1.70. The van der Waals surface area contributed by atoms with Gasteiger partial charge in [-0.1, -0.05) is 31.2 Å². The van der Waals surface area contributed by atoms with Crippen LogP contribution in [0.15, 0.2) is 24.3 Å². The third-order valence-corrected chi connectivity index (χ3v) is 4.88. The van der Waals surface area contributed by atoms with Crippen LogP contribution in [-0.4, -0.2) is 17.4 Å². The van der Waals surface area contributed by atoms with Crippen LogP contribution >= 0.6 is 11.3 Å². The number of aromatic nitrogens is 1. The Morgan fingerprint density at radius 1 is 1.14 bits per heavy atom. The first-order chi connectivity index (χ1) is 10.6. The molecule has 22 heavy (non-hydrogen) atoms. The summed E-state index contributed by atoms with van der Waals surface area (Å²) in [5.41, 5.74) is 3.65. The molecule has 2 rings (SSSR count). The molecule has 0 aliphatic heterocycles. The van der Waals surface area contributed by atoms with Gasteiger partial charge in [0.1, 0.15) is 0 Å². The van der Waals surface area contributed by atoms with Crippen LogP contribution in [0.2, 0.25) is 0 Å². The molecule has 0 radical (unpaired) electrons. The molecule has 0 atom stereocenters. The lowest BCUT2D eigenvalue weighted by atomic mass is 10.1. The molecule has 0 spiro atoms. The lowest BCUT2D eigenvalue weighted by molar-refractivity contribution is -0.121. The molecular formula is C18H24N2OS. The summed E-state index contributed by atoms with van der Waals surface area (Å²) in [6.45, 7) is 6.88. The molecule has 0 aliphatic carbocycles. The quantitative estimate of drug-likeness (QED) is 0.848. The molecule has 1 heterocycles. The summed E-state index contributed by atoms with van der Waals surface area (Å²) < 4.78 is 0. The monoisotopic (exact) mass is 316 g/mol. The number of carbonyl (C=O) groups is 1. The topological polar surface area (TPSA) is 42.0 Å². The van der Waals surface area contributed by atoms with Gasteiger partial charge >= 0.3 is 0 Å². The zero-order valence-corrected chi connectivity index (χ0v) is 14.4. The van der Waals surface area contributed by atoms with E-state index in [9.17, 15) is 4.79 Å². The van der Waals surface area contributed by atoms with Crippen molar-refractivity contribution in [3.63, 3.8) is 0 Å². The van der Waals surface area contributed by atoms with Gasteiger partial charge in [0, 0.05) is 24.3 Å². The predicted molar refractivity (Wildman–Crippen MR) is 92.4 cm³/mol. The minimum Gasteiger partial charge on any atom is -0.356 e. The molecule has 1 N–H and O–H groups in total. The van der Waals surface area contributed by atoms with Crippen molar-refractivity contribution >= 4 is 17.2 Å². The van der Waals surface area contributed by atoms with Crippen LogP contribution in [0.3, 0.4) is 0 Å². The lowest BCUT2D eigenvalue weighted by Gasteiger charge is -2.05. The Bertz CT molecular complexity index is 617. The third kappa shape index (κ3) is 4.95. The molecule has 4 heteroatoms. The van der Waals surface area contributed by atoms with Gasteiger partial charge in [0.2, 0.25) is 5.91 Å². The molecule has 118 valence electrons. The van der Waals surface area contributed by atoms with Crippen molar-refractivity contribution < 1.29 is 4.79 Å². The van der Waals surface area contributed by atoms with E-state index in [0.29, 0.717) is 13.0 Å². The fourth-order valence-electron chi connectivity index (χ4n) is 2.41. The Morgan fingerprint density at radius 3 is 2.41 bits per heavy atom. The number of aryl methyl sites for hydroxylation is 4. The van der Waals surface area contributed by atoms with Gasteiger partial charge in [-0.05, 0) is 37.8 Å². The van der Waals surface area contributed by atoms with E-state index in [-0.39, 0.29) is 5.91 Å². The first kappa shape index (κ1) is 16.7. The first-order valence-corrected chi connectivity index (χ1v) is 8.67. The van der Waals surface area contributed by atoms with Crippen LogP contribution in [-0.2, 0) is 24.1 Å². The maximum atomic E-state index is 11.9. The maximum absolute atomic E-state index is 11.9. The summed E-state index contributed by atoms with van der Waals surface area (Å²) in [7, 11) is 0. The molecule has 0 fully saturated rings. The van der Waals surface area contributed by atoms with Crippen LogP contribution in [0.5, 0.6) is 0 Å². The Morgan fingerprint density at radius 2 is 1.82 bits per heavy atom. The van der Waals surface area contributed by atoms with Crippen LogP contribution < -0.4 is 5.32 Å². The Labute approximate surface area is 136 Å². The summed E-state index contributed by atoms with van der Waals surface area (Å²) in [5.74, 6) is 0.124. The third-order valence-electron chi connectivity index (χ3n) is 3.75. The number of carbonyl (C=O) groups excluding carboxylic acids is 1. The second-order valence-electron chi connectivity index (χ2n) is 5.51. The molecule has 2 aromatic rings. The normalized spacial score (nSPS) is 10.7. The van der Waals surface area contributed by atoms with Gasteiger partial charge in [-0.15, -0.1) is 11.3 Å². The summed E-state index contributed by atoms with van der Waals surface area (Å²) in [6.07, 6.45) is 3.27. The average Bonchev–Trinajstić information content (AvgIpc) is 2.83. The summed E-state index contributed by atoms with van der Waals surface area (Å²) in [5, 5.41) is 4.09. The van der Waals surface area contributed by atoms with Crippen LogP contribution in [0.4, 0.5) is 0 Å². The SMILES string of the molecule is CCc1ccc(CCC(=O)NCCc2sc(C)nc2C)cc1. The number of thiazole rings is 1. The van der Waals surface area contributed by atoms with Gasteiger partial charge in [-0.3, -0.25) is 4.79 Å². The second-order valence-corrected chi connectivity index (χ2v) is 6.80. The van der Waals surface area contributed by atoms with Crippen LogP contribution in [0.1, 0.15) is 40.1 Å². The number of benzene rings is 1. The maximum Gasteiger partial charge on any atom is 0.220 e. The smallest absolute Gasteiger partial charge is 0.220 e. The van der Waals surface area contributed by atoms with Gasteiger partial charge < -0.3 is 5.32 Å². The Hall–Kier alpha value is -1.68. The molecule has 0 saturated heterocycles. The second kappa shape index (κ2) is 8.08. The molecule has 1 aromatic heterocycles. The number of nitrogens with zero attached hydrogens (tertiary/aromatic N) is 1. The highest BCUT2D eigenvalue weighted by molar-refractivity contribution is 7.11. The summed E-state index contributed by atoms with van der Waals surface area (Å²) >= 11 is 1.72. The molecule has 0 aliphatic rings. The molecule has 0 bridgehead atoms. The molecule has 1 amide bonds. The van der Waals surface area contributed by atoms with E-state index >= 15 is 0 Å². The van der Waals surface area contributed by atoms with Crippen molar-refractivity contribution in [1.29, 1.82) is 0 Å². The Kier molecular flexibility index (Phi) is 6.13. The van der Waals surface area contributed by atoms with E-state index in [1.165, 1.54) is 16.0 Å². The van der Waals surface area contributed by atoms with Crippen LogP contribution in [0, 0.1) is 13.8 Å². The molecule has 0 unspecified atom stereocenters. The zero-order chi connectivity index (χ0) is 15.9. The number of amides is 1. The van der Waals surface area contributed by atoms with E-state index in [1.54, 1.807) is 11.3 Å². The molecule has 3 nitrogen and oxygen atoms in total. The van der Waals surface area contributed by atoms with Gasteiger partial charge in [0.15, 0.2) is 0 Å².